The van der Waals surface area contributed by atoms with E-state index in [9.17, 15) is 33.4 Å². The van der Waals surface area contributed by atoms with Crippen LogP contribution in [0.1, 0.15) is 36.6 Å². The first-order chi connectivity index (χ1) is 36.8. The lowest BCUT2D eigenvalue weighted by Gasteiger charge is -2.12. The highest BCUT2D eigenvalue weighted by molar-refractivity contribution is 6.33. The van der Waals surface area contributed by atoms with E-state index in [1.165, 1.54) is 60.7 Å². The van der Waals surface area contributed by atoms with Crippen molar-refractivity contribution in [3.8, 4) is 22.6 Å². The third-order valence-electron chi connectivity index (χ3n) is 13.6. The monoisotopic (exact) mass is 1040 g/mol. The number of halogens is 4. The second-order valence-corrected chi connectivity index (χ2v) is 19.0. The van der Waals surface area contributed by atoms with Crippen LogP contribution in [0.2, 0.25) is 10.0 Å². The van der Waals surface area contributed by atoms with Gasteiger partial charge in [-0.1, -0.05) is 59.6 Å². The third-order valence-corrected chi connectivity index (χ3v) is 14.1. The molecule has 366 valence electrons. The van der Waals surface area contributed by atoms with Crippen molar-refractivity contribution >= 4 is 140 Å². The van der Waals surface area contributed by atoms with E-state index in [4.69, 9.17) is 23.2 Å². The number of phenols is 2. The molecule has 0 radical (unpaired) electrons. The number of hydrogen-bond acceptors (Lipinski definition) is 9. The van der Waals surface area contributed by atoms with Gasteiger partial charge in [-0.05, 0) is 143 Å². The SMILES string of the molecule is O=C1c2cc(N=Nc3c(O)c(C(=O)Nc4ccc(F)cc4)cc4ccc5c6cc(Cl)ccc6[nH]c5c34)ccc2-c2ccc(N=Nc3c(O)c(C(=O)Nc4ccc(F)cc4)cc4ccc5c6cc(Cl)ccc6[nH]c5c34)cc21. The van der Waals surface area contributed by atoms with E-state index in [0.717, 1.165) is 32.6 Å². The molecular weight excluding hydrogens is 1010 g/mol. The van der Waals surface area contributed by atoms with Gasteiger partial charge in [-0.25, -0.2) is 8.78 Å². The van der Waals surface area contributed by atoms with Crippen molar-refractivity contribution < 1.29 is 33.4 Å². The second kappa shape index (κ2) is 17.7. The van der Waals surface area contributed by atoms with Gasteiger partial charge in [0.05, 0.1) is 33.5 Å². The zero-order valence-electron chi connectivity index (χ0n) is 38.9. The van der Waals surface area contributed by atoms with Crippen molar-refractivity contribution in [1.82, 2.24) is 9.97 Å². The third kappa shape index (κ3) is 7.72. The standard InChI is InChI=1S/C59H32Cl2F2N8O5/c60-29-3-19-47-41(23-29)39-15-1-27-21-45(58(75)64-33-9-5-31(62)6-10-33)56(73)53(49(27)51(39)66-47)70-68-35-13-17-37-38-18-14-36(26-44(38)55(72)43(37)25-35)69-71-54-50-28(2-16-40-42-24-30(61)4-20-48(42)67-52(40)50)22-46(57(54)74)59(76)65-34-11-7-32(63)8-12-34/h1-26,66-67,73-74H,(H,64,75)(H,65,76). The van der Waals surface area contributed by atoms with Crippen LogP contribution in [-0.4, -0.2) is 37.8 Å². The summed E-state index contributed by atoms with van der Waals surface area (Å²) in [5.41, 5.74) is 5.51. The largest absolute Gasteiger partial charge is 0.505 e. The summed E-state index contributed by atoms with van der Waals surface area (Å²) in [5, 5.41) is 53.7. The topological polar surface area (TPSA) is 197 Å². The number of carbonyl (C=O) groups excluding carboxylic acids is 3. The van der Waals surface area contributed by atoms with Crippen LogP contribution in [0, 0.1) is 11.6 Å². The number of rotatable bonds is 8. The average molecular weight is 1040 g/mol. The van der Waals surface area contributed by atoms with Crippen molar-refractivity contribution in [2.24, 2.45) is 20.5 Å². The Balaban J connectivity index is 0.862. The summed E-state index contributed by atoms with van der Waals surface area (Å²) < 4.78 is 27.4. The van der Waals surface area contributed by atoms with E-state index >= 15 is 0 Å². The van der Waals surface area contributed by atoms with E-state index in [-0.39, 0.29) is 39.7 Å². The van der Waals surface area contributed by atoms with Crippen LogP contribution >= 0.6 is 23.2 Å². The molecule has 6 N–H and O–H groups in total. The molecule has 0 saturated heterocycles. The number of nitrogens with zero attached hydrogens (tertiary/aromatic N) is 4. The number of carbonyl (C=O) groups is 3. The predicted molar refractivity (Wildman–Crippen MR) is 292 cm³/mol. The summed E-state index contributed by atoms with van der Waals surface area (Å²) in [4.78, 5) is 48.6. The highest BCUT2D eigenvalue weighted by Crippen LogP contribution is 2.48. The van der Waals surface area contributed by atoms with Crippen LogP contribution in [0.4, 0.5) is 42.9 Å². The summed E-state index contributed by atoms with van der Waals surface area (Å²) in [7, 11) is 0. The first-order valence-corrected chi connectivity index (χ1v) is 24.2. The number of aromatic nitrogens is 2. The normalized spacial score (nSPS) is 12.3. The molecule has 0 saturated carbocycles. The Bertz CT molecular complexity index is 4320. The maximum atomic E-state index is 14.3. The zero-order chi connectivity index (χ0) is 52.1. The van der Waals surface area contributed by atoms with E-state index in [1.807, 2.05) is 36.4 Å². The number of amides is 2. The number of benzene rings is 10. The number of anilines is 2. The Morgan fingerprint density at radius 3 is 1.30 bits per heavy atom. The fourth-order valence-electron chi connectivity index (χ4n) is 10.0. The molecule has 1 aliphatic carbocycles. The number of fused-ring (bicyclic) bond motifs is 13. The fraction of sp³-hybridized carbons (Fsp3) is 0. The van der Waals surface area contributed by atoms with Crippen molar-refractivity contribution in [2.75, 3.05) is 10.6 Å². The number of ketones is 1. The molecule has 2 heterocycles. The van der Waals surface area contributed by atoms with Crippen LogP contribution < -0.4 is 10.6 Å². The molecule has 13 nitrogen and oxygen atoms in total. The fourth-order valence-corrected chi connectivity index (χ4v) is 10.3. The lowest BCUT2D eigenvalue weighted by atomic mass is 10.00. The predicted octanol–water partition coefficient (Wildman–Crippen LogP) is 16.8. The number of aromatic amines is 2. The van der Waals surface area contributed by atoms with Gasteiger partial charge in [-0.15, -0.1) is 10.2 Å². The molecule has 17 heteroatoms. The molecule has 10 aromatic carbocycles. The van der Waals surface area contributed by atoms with E-state index in [0.29, 0.717) is 76.3 Å². The molecule has 2 amide bonds. The second-order valence-electron chi connectivity index (χ2n) is 18.2. The minimum Gasteiger partial charge on any atom is -0.505 e. The van der Waals surface area contributed by atoms with Crippen LogP contribution in [0.3, 0.4) is 0 Å². The summed E-state index contributed by atoms with van der Waals surface area (Å²) in [6.07, 6.45) is 0. The van der Waals surface area contributed by atoms with Gasteiger partial charge in [0.15, 0.2) is 17.3 Å². The summed E-state index contributed by atoms with van der Waals surface area (Å²) >= 11 is 12.8. The van der Waals surface area contributed by atoms with Crippen LogP contribution in [0.15, 0.2) is 178 Å². The van der Waals surface area contributed by atoms with Crippen molar-refractivity contribution in [3.05, 3.63) is 202 Å². The van der Waals surface area contributed by atoms with Gasteiger partial charge in [0.2, 0.25) is 0 Å². The first-order valence-electron chi connectivity index (χ1n) is 23.4. The Morgan fingerprint density at radius 1 is 0.461 bits per heavy atom. The molecule has 0 aliphatic heterocycles. The minimum atomic E-state index is -0.674. The maximum Gasteiger partial charge on any atom is 0.259 e. The molecular formula is C59H32Cl2F2N8O5. The highest BCUT2D eigenvalue weighted by atomic mass is 35.5. The van der Waals surface area contributed by atoms with Crippen LogP contribution in [0.25, 0.3) is 76.3 Å². The van der Waals surface area contributed by atoms with Crippen molar-refractivity contribution in [2.45, 2.75) is 0 Å². The summed E-state index contributed by atoms with van der Waals surface area (Å²) in [5.74, 6) is -3.58. The smallest absolute Gasteiger partial charge is 0.259 e. The van der Waals surface area contributed by atoms with E-state index < -0.39 is 34.9 Å². The molecule has 0 atom stereocenters. The molecule has 0 spiro atoms. The number of nitrogens with one attached hydrogen (secondary N) is 4. The number of aromatic hydroxyl groups is 2. The van der Waals surface area contributed by atoms with Crippen LogP contribution in [0.5, 0.6) is 11.5 Å². The van der Waals surface area contributed by atoms with E-state index in [2.05, 4.69) is 41.1 Å². The Morgan fingerprint density at radius 2 is 0.882 bits per heavy atom. The lowest BCUT2D eigenvalue weighted by molar-refractivity contribution is 0.101. The Kier molecular flexibility index (Phi) is 10.7. The van der Waals surface area contributed by atoms with E-state index in [1.54, 1.807) is 60.7 Å². The van der Waals surface area contributed by atoms with Crippen molar-refractivity contribution in [1.29, 1.82) is 0 Å². The molecule has 2 aromatic heterocycles. The van der Waals surface area contributed by atoms with Gasteiger partial charge >= 0.3 is 0 Å². The molecule has 0 unspecified atom stereocenters. The van der Waals surface area contributed by atoms with Gasteiger partial charge in [0, 0.05) is 75.9 Å². The number of azo groups is 2. The Labute approximate surface area is 436 Å². The highest BCUT2D eigenvalue weighted by Gasteiger charge is 2.29. The molecule has 1 aliphatic rings. The zero-order valence-corrected chi connectivity index (χ0v) is 40.4. The molecule has 0 fully saturated rings. The summed E-state index contributed by atoms with van der Waals surface area (Å²) in [6.45, 7) is 0. The molecule has 12 aromatic rings. The van der Waals surface area contributed by atoms with Gasteiger partial charge in [-0.2, -0.15) is 10.2 Å². The first kappa shape index (κ1) is 46.0. The van der Waals surface area contributed by atoms with Gasteiger partial charge < -0.3 is 30.8 Å². The van der Waals surface area contributed by atoms with Gasteiger partial charge in [0.25, 0.3) is 11.8 Å². The molecule has 0 bridgehead atoms. The van der Waals surface area contributed by atoms with Crippen LogP contribution in [-0.2, 0) is 0 Å². The number of hydrogen-bond donors (Lipinski definition) is 6. The quantitative estimate of drug-likeness (QED) is 0.0822. The van der Waals surface area contributed by atoms with Crippen molar-refractivity contribution in [3.63, 3.8) is 0 Å². The number of H-pyrrole nitrogens is 2. The van der Waals surface area contributed by atoms with Gasteiger partial charge in [0.1, 0.15) is 23.0 Å². The maximum absolute atomic E-state index is 14.3. The average Bonchev–Trinajstić information content (AvgIpc) is 4.09. The minimum absolute atomic E-state index is 0.0253. The van der Waals surface area contributed by atoms with Gasteiger partial charge in [-0.3, -0.25) is 14.4 Å². The number of phenolic OH excluding ortho intramolecular Hbond substituents is 2. The lowest BCUT2D eigenvalue weighted by Crippen LogP contribution is -2.12. The molecule has 76 heavy (non-hydrogen) atoms. The molecule has 13 rings (SSSR count). The summed E-state index contributed by atoms with van der Waals surface area (Å²) in [6, 6.07) is 41.7. The Hall–Kier alpha value is -9.83.